The van der Waals surface area contributed by atoms with Gasteiger partial charge >= 0.3 is 0 Å². The smallest absolute Gasteiger partial charge is 0.276 e. The molecule has 0 unspecified atom stereocenters. The van der Waals surface area contributed by atoms with Crippen molar-refractivity contribution >= 4 is 11.6 Å². The van der Waals surface area contributed by atoms with Crippen molar-refractivity contribution in [3.63, 3.8) is 0 Å². The van der Waals surface area contributed by atoms with Gasteiger partial charge in [0.2, 0.25) is 0 Å². The second-order valence-electron chi connectivity index (χ2n) is 6.60. The summed E-state index contributed by atoms with van der Waals surface area (Å²) in [4.78, 5) is 25.4. The van der Waals surface area contributed by atoms with Crippen molar-refractivity contribution in [3.05, 3.63) is 45.8 Å². The first-order chi connectivity index (χ1) is 12.5. The van der Waals surface area contributed by atoms with Crippen molar-refractivity contribution < 1.29 is 9.72 Å². The van der Waals surface area contributed by atoms with Crippen LogP contribution in [-0.2, 0) is 0 Å². The summed E-state index contributed by atoms with van der Waals surface area (Å²) in [6.45, 7) is 4.38. The van der Waals surface area contributed by atoms with E-state index in [0.29, 0.717) is 23.6 Å². The average molecular weight is 357 g/mol. The predicted octanol–water partition coefficient (Wildman–Crippen LogP) is 3.28. The van der Waals surface area contributed by atoms with Crippen LogP contribution in [0.25, 0.3) is 5.69 Å². The van der Waals surface area contributed by atoms with Gasteiger partial charge in [-0.05, 0) is 32.8 Å². The maximum Gasteiger partial charge on any atom is 0.276 e. The van der Waals surface area contributed by atoms with Gasteiger partial charge < -0.3 is 4.90 Å². The second-order valence-corrected chi connectivity index (χ2v) is 6.60. The van der Waals surface area contributed by atoms with Crippen molar-refractivity contribution in [2.75, 3.05) is 6.54 Å². The lowest BCUT2D eigenvalue weighted by Crippen LogP contribution is -2.41. The molecule has 0 bridgehead atoms. The van der Waals surface area contributed by atoms with Gasteiger partial charge in [-0.1, -0.05) is 30.5 Å². The zero-order chi connectivity index (χ0) is 18.7. The van der Waals surface area contributed by atoms with E-state index in [0.717, 1.165) is 25.7 Å². The Kier molecular flexibility index (Phi) is 5.29. The molecule has 1 amide bonds. The van der Waals surface area contributed by atoms with E-state index in [4.69, 9.17) is 0 Å². The van der Waals surface area contributed by atoms with E-state index < -0.39 is 4.92 Å². The number of amides is 1. The molecule has 0 saturated heterocycles. The molecule has 1 aliphatic carbocycles. The lowest BCUT2D eigenvalue weighted by molar-refractivity contribution is -0.384. The number of benzene rings is 1. The Bertz CT molecular complexity index is 811. The summed E-state index contributed by atoms with van der Waals surface area (Å²) < 4.78 is 1.48. The molecule has 138 valence electrons. The number of aromatic nitrogens is 3. The van der Waals surface area contributed by atoms with E-state index >= 15 is 0 Å². The Morgan fingerprint density at radius 3 is 2.73 bits per heavy atom. The van der Waals surface area contributed by atoms with Crippen molar-refractivity contribution in [2.24, 2.45) is 0 Å². The first-order valence-corrected chi connectivity index (χ1v) is 9.01. The Morgan fingerprint density at radius 1 is 1.35 bits per heavy atom. The molecule has 2 aromatic rings. The molecule has 0 radical (unpaired) electrons. The molecule has 0 aliphatic heterocycles. The van der Waals surface area contributed by atoms with Gasteiger partial charge in [0.1, 0.15) is 0 Å². The van der Waals surface area contributed by atoms with E-state index in [9.17, 15) is 14.9 Å². The van der Waals surface area contributed by atoms with Gasteiger partial charge in [0.15, 0.2) is 5.69 Å². The third-order valence-corrected chi connectivity index (χ3v) is 5.00. The van der Waals surface area contributed by atoms with Gasteiger partial charge in [0.25, 0.3) is 11.6 Å². The molecule has 0 spiro atoms. The number of hydrogen-bond donors (Lipinski definition) is 0. The van der Waals surface area contributed by atoms with Crippen molar-refractivity contribution in [3.8, 4) is 5.69 Å². The fourth-order valence-electron chi connectivity index (χ4n) is 3.61. The summed E-state index contributed by atoms with van der Waals surface area (Å²) in [7, 11) is 0. The van der Waals surface area contributed by atoms with Crippen LogP contribution in [0.4, 0.5) is 5.69 Å². The molecule has 3 rings (SSSR count). The van der Waals surface area contributed by atoms with Crippen LogP contribution in [0.5, 0.6) is 0 Å². The van der Waals surface area contributed by atoms with E-state index in [2.05, 4.69) is 10.3 Å². The summed E-state index contributed by atoms with van der Waals surface area (Å²) in [6, 6.07) is 6.40. The molecule has 8 nitrogen and oxygen atoms in total. The summed E-state index contributed by atoms with van der Waals surface area (Å²) in [5, 5.41) is 19.1. The summed E-state index contributed by atoms with van der Waals surface area (Å²) in [5.74, 6) is -0.117. The molecule has 1 aliphatic rings. The van der Waals surface area contributed by atoms with Crippen LogP contribution in [0.3, 0.4) is 0 Å². The van der Waals surface area contributed by atoms with Gasteiger partial charge in [0.05, 0.1) is 16.3 Å². The molecule has 1 aromatic carbocycles. The number of non-ortho nitro benzene ring substituents is 1. The minimum absolute atomic E-state index is 0.0253. The minimum Gasteiger partial charge on any atom is -0.334 e. The van der Waals surface area contributed by atoms with Crippen LogP contribution in [0.2, 0.25) is 0 Å². The van der Waals surface area contributed by atoms with Gasteiger partial charge in [-0.25, -0.2) is 4.68 Å². The topological polar surface area (TPSA) is 94.2 Å². The first-order valence-electron chi connectivity index (χ1n) is 9.01. The molecule has 1 heterocycles. The highest BCUT2D eigenvalue weighted by Gasteiger charge is 2.28. The number of rotatable bonds is 5. The Hall–Kier alpha value is -2.77. The quantitative estimate of drug-likeness (QED) is 0.604. The maximum atomic E-state index is 13.0. The van der Waals surface area contributed by atoms with Gasteiger partial charge in [-0.15, -0.1) is 5.10 Å². The zero-order valence-electron chi connectivity index (χ0n) is 15.1. The molecule has 0 atom stereocenters. The number of nitro groups is 1. The zero-order valence-corrected chi connectivity index (χ0v) is 15.1. The maximum absolute atomic E-state index is 13.0. The van der Waals surface area contributed by atoms with Crippen LogP contribution in [0.15, 0.2) is 24.3 Å². The highest BCUT2D eigenvalue weighted by atomic mass is 16.6. The molecular formula is C18H23N5O3. The van der Waals surface area contributed by atoms with Gasteiger partial charge in [-0.2, -0.15) is 0 Å². The van der Waals surface area contributed by atoms with Gasteiger partial charge in [-0.3, -0.25) is 14.9 Å². The number of hydrogen-bond acceptors (Lipinski definition) is 5. The van der Waals surface area contributed by atoms with Crippen molar-refractivity contribution in [1.29, 1.82) is 0 Å². The summed E-state index contributed by atoms with van der Waals surface area (Å²) in [5.41, 5.74) is 1.39. The molecule has 8 heteroatoms. The van der Waals surface area contributed by atoms with Crippen LogP contribution >= 0.6 is 0 Å². The van der Waals surface area contributed by atoms with Crippen molar-refractivity contribution in [1.82, 2.24) is 19.9 Å². The fraction of sp³-hybridized carbons (Fsp3) is 0.500. The van der Waals surface area contributed by atoms with Crippen LogP contribution in [0.1, 0.15) is 55.2 Å². The lowest BCUT2D eigenvalue weighted by atomic mass is 9.94. The molecule has 1 saturated carbocycles. The Labute approximate surface area is 152 Å². The van der Waals surface area contributed by atoms with E-state index in [1.54, 1.807) is 19.1 Å². The fourth-order valence-corrected chi connectivity index (χ4v) is 3.61. The number of nitrogens with zero attached hydrogens (tertiary/aromatic N) is 5. The van der Waals surface area contributed by atoms with Gasteiger partial charge in [0, 0.05) is 24.7 Å². The molecular weight excluding hydrogens is 334 g/mol. The summed E-state index contributed by atoms with van der Waals surface area (Å²) >= 11 is 0. The Morgan fingerprint density at radius 2 is 2.08 bits per heavy atom. The molecule has 26 heavy (non-hydrogen) atoms. The number of carbonyl (C=O) groups is 1. The largest absolute Gasteiger partial charge is 0.334 e. The second kappa shape index (κ2) is 7.63. The highest BCUT2D eigenvalue weighted by molar-refractivity contribution is 5.93. The predicted molar refractivity (Wildman–Crippen MR) is 96.3 cm³/mol. The lowest BCUT2D eigenvalue weighted by Gasteiger charge is -2.33. The van der Waals surface area contributed by atoms with E-state index in [-0.39, 0.29) is 17.6 Å². The SMILES string of the molecule is CCN(C(=O)c1nnn(-c2cccc([N+](=O)[O-])c2)c1C)C1CCCCC1. The van der Waals surface area contributed by atoms with E-state index in [1.165, 1.54) is 23.2 Å². The average Bonchev–Trinajstić information content (AvgIpc) is 3.04. The summed E-state index contributed by atoms with van der Waals surface area (Å²) in [6.07, 6.45) is 5.57. The van der Waals surface area contributed by atoms with Crippen LogP contribution < -0.4 is 0 Å². The van der Waals surface area contributed by atoms with Crippen LogP contribution in [0, 0.1) is 17.0 Å². The van der Waals surface area contributed by atoms with Crippen molar-refractivity contribution in [2.45, 2.75) is 52.0 Å². The number of carbonyl (C=O) groups excluding carboxylic acids is 1. The number of nitro benzene ring substituents is 1. The first kappa shape index (κ1) is 18.0. The minimum atomic E-state index is -0.455. The normalized spacial score (nSPS) is 15.0. The third-order valence-electron chi connectivity index (χ3n) is 5.00. The molecule has 1 aromatic heterocycles. The molecule has 0 N–H and O–H groups in total. The van der Waals surface area contributed by atoms with E-state index in [1.807, 2.05) is 11.8 Å². The monoisotopic (exact) mass is 357 g/mol. The third kappa shape index (κ3) is 3.44. The Balaban J connectivity index is 1.89. The standard InChI is InChI=1S/C18H23N5O3/c1-3-21(14-8-5-4-6-9-14)18(24)17-13(2)22(20-19-17)15-10-7-11-16(12-15)23(25)26/h7,10-12,14H,3-6,8-9H2,1-2H3. The highest BCUT2D eigenvalue weighted by Crippen LogP contribution is 2.25. The van der Waals surface area contributed by atoms with Crippen LogP contribution in [-0.4, -0.2) is 43.3 Å². The molecule has 1 fully saturated rings.